The lowest BCUT2D eigenvalue weighted by Crippen LogP contribution is -2.29. The van der Waals surface area contributed by atoms with E-state index in [0.29, 0.717) is 26.2 Å². The zero-order valence-electron chi connectivity index (χ0n) is 18.1. The number of hydrogen-bond donors (Lipinski definition) is 1. The van der Waals surface area contributed by atoms with Gasteiger partial charge in [0.25, 0.3) is 0 Å². The van der Waals surface area contributed by atoms with Crippen LogP contribution in [0.2, 0.25) is 0 Å². The minimum atomic E-state index is -0.940. The lowest BCUT2D eigenvalue weighted by Gasteiger charge is -2.31. The van der Waals surface area contributed by atoms with Crippen LogP contribution in [0.15, 0.2) is 60.9 Å². The third kappa shape index (κ3) is 5.06. The Kier molecular flexibility index (Phi) is 6.97. The molecule has 0 saturated heterocycles. The first-order chi connectivity index (χ1) is 15.7. The molecule has 1 N–H and O–H groups in total. The molecule has 0 aliphatic carbocycles. The van der Waals surface area contributed by atoms with Gasteiger partial charge in [0.1, 0.15) is 12.4 Å². The van der Waals surface area contributed by atoms with Crippen LogP contribution in [0.25, 0.3) is 0 Å². The van der Waals surface area contributed by atoms with Crippen LogP contribution in [0, 0.1) is 0 Å². The normalized spacial score (nSPS) is 13.2. The molecule has 32 heavy (non-hydrogen) atoms. The zero-order valence-corrected chi connectivity index (χ0v) is 18.1. The molecule has 0 fully saturated rings. The topological polar surface area (TPSA) is 84.8 Å². The minimum Gasteiger partial charge on any atom is -0.492 e. The SMILES string of the molecule is CCCOC(Cc1ccc(OCCN2c3cccnc3Cc3ncccc32)cc1)C(=O)O. The van der Waals surface area contributed by atoms with E-state index in [9.17, 15) is 9.90 Å². The molecule has 1 atom stereocenters. The number of anilines is 2. The van der Waals surface area contributed by atoms with Gasteiger partial charge in [-0.05, 0) is 48.4 Å². The lowest BCUT2D eigenvalue weighted by atomic mass is 10.0. The van der Waals surface area contributed by atoms with Crippen LogP contribution in [0.5, 0.6) is 5.75 Å². The fourth-order valence-electron chi connectivity index (χ4n) is 3.82. The molecule has 1 unspecified atom stereocenters. The number of rotatable bonds is 10. The molecule has 7 heteroatoms. The van der Waals surface area contributed by atoms with Crippen LogP contribution >= 0.6 is 0 Å². The average Bonchev–Trinajstić information content (AvgIpc) is 2.82. The molecule has 4 rings (SSSR count). The number of aromatic nitrogens is 2. The van der Waals surface area contributed by atoms with Crippen molar-refractivity contribution in [2.24, 2.45) is 0 Å². The van der Waals surface area contributed by atoms with Gasteiger partial charge in [0.15, 0.2) is 6.10 Å². The summed E-state index contributed by atoms with van der Waals surface area (Å²) in [5.41, 5.74) is 5.09. The summed E-state index contributed by atoms with van der Waals surface area (Å²) in [4.78, 5) is 22.6. The monoisotopic (exact) mass is 433 g/mol. The Bertz CT molecular complexity index is 1010. The second-order valence-electron chi connectivity index (χ2n) is 7.66. The molecule has 3 heterocycles. The molecule has 0 radical (unpaired) electrons. The first-order valence-electron chi connectivity index (χ1n) is 10.9. The number of benzene rings is 1. The molecule has 2 aromatic heterocycles. The summed E-state index contributed by atoms with van der Waals surface area (Å²) in [6, 6.07) is 15.6. The number of carboxylic acids is 1. The third-order valence-corrected chi connectivity index (χ3v) is 5.38. The first kappa shape index (κ1) is 21.8. The number of hydrogen-bond acceptors (Lipinski definition) is 6. The van der Waals surface area contributed by atoms with Gasteiger partial charge in [-0.25, -0.2) is 4.79 Å². The Morgan fingerprint density at radius 1 is 1.03 bits per heavy atom. The molecule has 0 saturated carbocycles. The summed E-state index contributed by atoms with van der Waals surface area (Å²) in [6.45, 7) is 3.54. The van der Waals surface area contributed by atoms with Gasteiger partial charge in [-0.15, -0.1) is 0 Å². The van der Waals surface area contributed by atoms with E-state index in [1.165, 1.54) is 0 Å². The highest BCUT2D eigenvalue weighted by Gasteiger charge is 2.24. The molecule has 3 aromatic rings. The summed E-state index contributed by atoms with van der Waals surface area (Å²) < 4.78 is 11.4. The van der Waals surface area contributed by atoms with Crippen molar-refractivity contribution in [1.29, 1.82) is 0 Å². The second kappa shape index (κ2) is 10.2. The highest BCUT2D eigenvalue weighted by atomic mass is 16.5. The number of carboxylic acid groups (broad SMARTS) is 1. The Morgan fingerprint density at radius 3 is 2.28 bits per heavy atom. The molecule has 1 aliphatic rings. The van der Waals surface area contributed by atoms with Crippen molar-refractivity contribution < 1.29 is 19.4 Å². The number of fused-ring (bicyclic) bond motifs is 2. The lowest BCUT2D eigenvalue weighted by molar-refractivity contribution is -0.150. The maximum absolute atomic E-state index is 11.4. The molecule has 7 nitrogen and oxygen atoms in total. The Morgan fingerprint density at radius 2 is 1.69 bits per heavy atom. The highest BCUT2D eigenvalue weighted by molar-refractivity contribution is 5.73. The molecule has 1 aromatic carbocycles. The standard InChI is InChI=1S/C25H27N3O4/c1-2-14-32-24(25(29)30)16-18-7-9-19(10-8-18)31-15-13-28-22-5-3-11-26-20(22)17-21-23(28)6-4-12-27-21/h3-12,24H,2,13-17H2,1H3,(H,29,30). The van der Waals surface area contributed by atoms with Crippen molar-refractivity contribution in [3.05, 3.63) is 77.9 Å². The van der Waals surface area contributed by atoms with E-state index in [1.54, 1.807) is 0 Å². The third-order valence-electron chi connectivity index (χ3n) is 5.38. The number of carbonyl (C=O) groups is 1. The predicted molar refractivity (Wildman–Crippen MR) is 122 cm³/mol. The number of ether oxygens (including phenoxy) is 2. The fourth-order valence-corrected chi connectivity index (χ4v) is 3.82. The van der Waals surface area contributed by atoms with E-state index in [2.05, 4.69) is 27.0 Å². The van der Waals surface area contributed by atoms with E-state index in [0.717, 1.165) is 46.9 Å². The van der Waals surface area contributed by atoms with Crippen LogP contribution in [0.3, 0.4) is 0 Å². The van der Waals surface area contributed by atoms with Gasteiger partial charge in [0.2, 0.25) is 0 Å². The average molecular weight is 434 g/mol. The van der Waals surface area contributed by atoms with Gasteiger partial charge in [0.05, 0.1) is 29.3 Å². The minimum absolute atomic E-state index is 0.330. The Hall–Kier alpha value is -3.45. The molecular formula is C25H27N3O4. The van der Waals surface area contributed by atoms with Crippen LogP contribution in [0.4, 0.5) is 11.4 Å². The van der Waals surface area contributed by atoms with E-state index in [4.69, 9.17) is 9.47 Å². The van der Waals surface area contributed by atoms with Crippen molar-refractivity contribution in [2.45, 2.75) is 32.3 Å². The summed E-state index contributed by atoms with van der Waals surface area (Å²) in [6.07, 6.45) is 4.63. The summed E-state index contributed by atoms with van der Waals surface area (Å²) in [7, 11) is 0. The zero-order chi connectivity index (χ0) is 22.3. The second-order valence-corrected chi connectivity index (χ2v) is 7.66. The van der Waals surface area contributed by atoms with Crippen molar-refractivity contribution in [3.8, 4) is 5.75 Å². The summed E-state index contributed by atoms with van der Waals surface area (Å²) in [5, 5.41) is 9.33. The number of pyridine rings is 2. The van der Waals surface area contributed by atoms with E-state index in [1.807, 2.05) is 55.7 Å². The molecule has 166 valence electrons. The van der Waals surface area contributed by atoms with Crippen molar-refractivity contribution in [2.75, 3.05) is 24.7 Å². The van der Waals surface area contributed by atoms with Crippen molar-refractivity contribution in [1.82, 2.24) is 9.97 Å². The van der Waals surface area contributed by atoms with Crippen LogP contribution in [-0.4, -0.2) is 46.9 Å². The van der Waals surface area contributed by atoms with Crippen molar-refractivity contribution >= 4 is 17.3 Å². The van der Waals surface area contributed by atoms with E-state index >= 15 is 0 Å². The number of nitrogens with zero attached hydrogens (tertiary/aromatic N) is 3. The highest BCUT2D eigenvalue weighted by Crippen LogP contribution is 2.36. The van der Waals surface area contributed by atoms with Gasteiger partial charge < -0.3 is 19.5 Å². The van der Waals surface area contributed by atoms with Crippen LogP contribution < -0.4 is 9.64 Å². The quantitative estimate of drug-likeness (QED) is 0.517. The van der Waals surface area contributed by atoms with Crippen LogP contribution in [-0.2, 0) is 22.4 Å². The first-order valence-corrected chi connectivity index (χ1v) is 10.9. The molecule has 1 aliphatic heterocycles. The van der Waals surface area contributed by atoms with Gasteiger partial charge in [0, 0.05) is 31.8 Å². The van der Waals surface area contributed by atoms with Gasteiger partial charge >= 0.3 is 5.97 Å². The Labute approximate surface area is 187 Å². The maximum atomic E-state index is 11.4. The molecule has 0 amide bonds. The van der Waals surface area contributed by atoms with Crippen molar-refractivity contribution in [3.63, 3.8) is 0 Å². The largest absolute Gasteiger partial charge is 0.492 e. The molecule has 0 bridgehead atoms. The summed E-state index contributed by atoms with van der Waals surface area (Å²) in [5.74, 6) is -0.199. The van der Waals surface area contributed by atoms with Gasteiger partial charge in [-0.2, -0.15) is 0 Å². The molecule has 0 spiro atoms. The van der Waals surface area contributed by atoms with Gasteiger partial charge in [-0.1, -0.05) is 19.1 Å². The van der Waals surface area contributed by atoms with E-state index < -0.39 is 12.1 Å². The van der Waals surface area contributed by atoms with Crippen LogP contribution in [0.1, 0.15) is 30.3 Å². The predicted octanol–water partition coefficient (Wildman–Crippen LogP) is 4.02. The maximum Gasteiger partial charge on any atom is 0.333 e. The van der Waals surface area contributed by atoms with E-state index in [-0.39, 0.29) is 0 Å². The fraction of sp³-hybridized carbons (Fsp3) is 0.320. The smallest absolute Gasteiger partial charge is 0.333 e. The Balaban J connectivity index is 1.38. The molecular weight excluding hydrogens is 406 g/mol. The number of aliphatic carboxylic acids is 1. The summed E-state index contributed by atoms with van der Waals surface area (Å²) >= 11 is 0. The van der Waals surface area contributed by atoms with Gasteiger partial charge in [-0.3, -0.25) is 9.97 Å².